The number of aliphatic carboxylic acids is 1. The van der Waals surface area contributed by atoms with Crippen molar-refractivity contribution in [1.82, 2.24) is 19.9 Å². The van der Waals surface area contributed by atoms with E-state index in [-0.39, 0.29) is 51.1 Å². The molecule has 0 spiro atoms. The van der Waals surface area contributed by atoms with Crippen LogP contribution in [-0.4, -0.2) is 44.0 Å². The fourth-order valence-corrected chi connectivity index (χ4v) is 3.90. The first-order chi connectivity index (χ1) is 18.6. The molecular formula is C26H25Cl2N4NaO5RuS. The quantitative estimate of drug-likeness (QED) is 0.216. The van der Waals surface area contributed by atoms with Crippen LogP contribution >= 0.6 is 19.4 Å². The van der Waals surface area contributed by atoms with Gasteiger partial charge in [-0.05, 0) is 85.0 Å². The third-order valence-electron chi connectivity index (χ3n) is 4.95. The van der Waals surface area contributed by atoms with Gasteiger partial charge in [-0.2, -0.15) is 0 Å². The van der Waals surface area contributed by atoms with Crippen LogP contribution in [0.15, 0.2) is 79.4 Å². The summed E-state index contributed by atoms with van der Waals surface area (Å²) in [4.78, 5) is 27.3. The van der Waals surface area contributed by atoms with E-state index < -0.39 is 21.8 Å². The van der Waals surface area contributed by atoms with E-state index in [9.17, 15) is 17.8 Å². The van der Waals surface area contributed by atoms with Gasteiger partial charge in [0.05, 0.1) is 38.6 Å². The second-order valence-electron chi connectivity index (χ2n) is 8.03. The van der Waals surface area contributed by atoms with E-state index in [4.69, 9.17) is 24.5 Å². The Morgan fingerprint density at radius 3 is 1.93 bits per heavy atom. The van der Waals surface area contributed by atoms with E-state index in [2.05, 4.69) is 19.9 Å². The van der Waals surface area contributed by atoms with Gasteiger partial charge in [0.25, 0.3) is 0 Å². The van der Waals surface area contributed by atoms with Crippen molar-refractivity contribution in [1.29, 1.82) is 0 Å². The average molecular weight is 701 g/mol. The van der Waals surface area contributed by atoms with Crippen LogP contribution in [0.1, 0.15) is 29.5 Å². The molecule has 208 valence electrons. The minimum atomic E-state index is -4.28. The van der Waals surface area contributed by atoms with Gasteiger partial charge < -0.3 is 9.66 Å². The summed E-state index contributed by atoms with van der Waals surface area (Å²) in [5, 5.41) is 8.60. The molecule has 4 rings (SSSR count). The van der Waals surface area contributed by atoms with Crippen LogP contribution in [0.5, 0.6) is 0 Å². The van der Waals surface area contributed by atoms with Crippen LogP contribution in [0.3, 0.4) is 0 Å². The first-order valence-corrected chi connectivity index (χ1v) is 17.4. The molecule has 4 aromatic heterocycles. The molecule has 0 saturated heterocycles. The van der Waals surface area contributed by atoms with Crippen molar-refractivity contribution in [2.45, 2.75) is 31.9 Å². The van der Waals surface area contributed by atoms with Crippen molar-refractivity contribution in [2.24, 2.45) is 0 Å². The molecule has 0 aliphatic carbocycles. The fraction of sp³-hybridized carbons (Fsp3) is 0.192. The van der Waals surface area contributed by atoms with Crippen LogP contribution in [-0.2, 0) is 42.2 Å². The molecule has 0 aliphatic heterocycles. The molecule has 9 nitrogen and oxygen atoms in total. The van der Waals surface area contributed by atoms with Gasteiger partial charge in [0.2, 0.25) is 0 Å². The zero-order chi connectivity index (χ0) is 28.7. The maximum atomic E-state index is 10.7. The van der Waals surface area contributed by atoms with Gasteiger partial charge in [-0.25, -0.2) is 8.42 Å². The summed E-state index contributed by atoms with van der Waals surface area (Å²) in [7, 11) is 5.43. The number of nitrogens with zero attached hydrogens (tertiary/aromatic N) is 4. The minimum absolute atomic E-state index is 0. The number of pyridine rings is 4. The number of carboxylic acid groups (broad SMARTS) is 1. The first kappa shape index (κ1) is 36.2. The predicted molar refractivity (Wildman–Crippen MR) is 145 cm³/mol. The van der Waals surface area contributed by atoms with E-state index in [1.807, 2.05) is 49.4 Å². The third kappa shape index (κ3) is 14.7. The van der Waals surface area contributed by atoms with Gasteiger partial charge in [0.15, 0.2) is 0 Å². The second-order valence-corrected chi connectivity index (χ2v) is 12.1. The number of carbonyl (C=O) groups is 1. The molecule has 0 aromatic carbocycles. The monoisotopic (exact) mass is 700 g/mol. The van der Waals surface area contributed by atoms with Crippen LogP contribution in [0.25, 0.3) is 22.8 Å². The van der Waals surface area contributed by atoms with Gasteiger partial charge in [-0.15, -0.1) is 0 Å². The molecule has 0 atom stereocenters. The molecule has 0 amide bonds. The summed E-state index contributed by atoms with van der Waals surface area (Å²) in [5.41, 5.74) is 5.40. The van der Waals surface area contributed by atoms with E-state index in [0.717, 1.165) is 28.9 Å². The summed E-state index contributed by atoms with van der Waals surface area (Å²) in [6, 6.07) is 16.3. The average Bonchev–Trinajstić information content (AvgIpc) is 2.89. The zero-order valence-corrected chi connectivity index (χ0v) is 27.8. The van der Waals surface area contributed by atoms with Gasteiger partial charge in [-0.1, -0.05) is 6.07 Å². The number of carboxylic acids is 1. The molecule has 4 heterocycles. The standard InChI is InChI=1S/C14H14N2O2.C12H12N2O3S.2ClH.Na.Ru/c17-14(18)6-3-4-11-7-9-16-13(10-11)12-5-1-2-8-15-12;1-9-2-4-13-11(6-9)12-7-10(3-5-14-12)8-18(15,16)17;;;;/h1-2,5,7-10H,3-4,6H2,(H,17,18);2-7H,8H2,1H3,(H,15,16,17);2*1H;;/q;;;;+1;+2/p-3. The van der Waals surface area contributed by atoms with E-state index in [1.165, 1.54) is 12.3 Å². The molecule has 14 heteroatoms. The van der Waals surface area contributed by atoms with Gasteiger partial charge in [0, 0.05) is 31.2 Å². The minimum Gasteiger partial charge on any atom is 1.00 e. The Hall–Kier alpha value is -1.82. The van der Waals surface area contributed by atoms with Crippen LogP contribution in [0.2, 0.25) is 0 Å². The van der Waals surface area contributed by atoms with E-state index >= 15 is 0 Å². The normalized spacial score (nSPS) is 10.3. The number of halogens is 2. The van der Waals surface area contributed by atoms with Crippen molar-refractivity contribution in [3.63, 3.8) is 0 Å². The summed E-state index contributed by atoms with van der Waals surface area (Å²) in [5.74, 6) is -1.29. The van der Waals surface area contributed by atoms with Gasteiger partial charge >= 0.3 is 70.1 Å². The van der Waals surface area contributed by atoms with Gasteiger partial charge in [-0.3, -0.25) is 24.7 Å². The molecule has 0 unspecified atom stereocenters. The molecule has 0 bridgehead atoms. The molecule has 0 saturated carbocycles. The van der Waals surface area contributed by atoms with Crippen LogP contribution in [0.4, 0.5) is 0 Å². The Bertz CT molecular complexity index is 1450. The second kappa shape index (κ2) is 19.3. The van der Waals surface area contributed by atoms with Crippen molar-refractivity contribution < 1.29 is 67.6 Å². The maximum absolute atomic E-state index is 10.7. The van der Waals surface area contributed by atoms with Gasteiger partial charge in [0.1, 0.15) is 0 Å². The third-order valence-corrected chi connectivity index (χ3v) is 5.64. The zero-order valence-electron chi connectivity index (χ0n) is 21.7. The molecule has 0 aliphatic rings. The Kier molecular flexibility index (Phi) is 17.5. The van der Waals surface area contributed by atoms with Crippen molar-refractivity contribution in [3.05, 3.63) is 96.1 Å². The first-order valence-electron chi connectivity index (χ1n) is 11.4. The molecule has 1 N–H and O–H groups in total. The van der Waals surface area contributed by atoms with Crippen molar-refractivity contribution >= 4 is 35.5 Å². The van der Waals surface area contributed by atoms with E-state index in [1.54, 1.807) is 24.7 Å². The summed E-state index contributed by atoms with van der Waals surface area (Å²) < 4.78 is 32.1. The summed E-state index contributed by atoms with van der Waals surface area (Å²) in [6.45, 7) is 1.93. The predicted octanol–water partition coefficient (Wildman–Crippen LogP) is 2.43. The number of aryl methyl sites for hydroxylation is 2. The molecule has 40 heavy (non-hydrogen) atoms. The molecule has 4 aromatic rings. The number of hydrogen-bond donors (Lipinski definition) is 1. The molecule has 0 radical (unpaired) electrons. The topological polar surface area (TPSA) is 146 Å². The number of hydrogen-bond acceptors (Lipinski definition) is 8. The SMILES string of the molecule is Cc1ccnc(-c2cc(CS(=O)(=O)[O-])ccn2)c1.O=C(O)CCCc1ccnc(-c2ccccn2)c1.[Cl][Ru][Cl].[Na+]. The Labute approximate surface area is 271 Å². The van der Waals surface area contributed by atoms with E-state index in [0.29, 0.717) is 23.4 Å². The summed E-state index contributed by atoms with van der Waals surface area (Å²) >= 11 is -0.346. The van der Waals surface area contributed by atoms with Crippen LogP contribution < -0.4 is 29.6 Å². The number of rotatable bonds is 8. The Morgan fingerprint density at radius 2 is 1.38 bits per heavy atom. The molecular weight excluding hydrogens is 675 g/mol. The summed E-state index contributed by atoms with van der Waals surface area (Å²) in [6.07, 6.45) is 8.17. The number of aromatic nitrogens is 4. The Morgan fingerprint density at radius 1 is 0.850 bits per heavy atom. The van der Waals surface area contributed by atoms with Crippen molar-refractivity contribution in [3.8, 4) is 22.8 Å². The largest absolute Gasteiger partial charge is 1.00 e. The Balaban J connectivity index is 0.000000356. The smallest absolute Gasteiger partial charge is 1.00 e. The molecule has 0 fully saturated rings. The fourth-order valence-electron chi connectivity index (χ4n) is 3.31. The maximum Gasteiger partial charge on any atom is 1.00 e. The van der Waals surface area contributed by atoms with Crippen LogP contribution in [0, 0.1) is 6.92 Å². The van der Waals surface area contributed by atoms with Crippen molar-refractivity contribution in [2.75, 3.05) is 0 Å².